The van der Waals surface area contributed by atoms with Crippen molar-refractivity contribution in [1.82, 2.24) is 10.3 Å². The molecular weight excluding hydrogens is 240 g/mol. The molecule has 0 aromatic carbocycles. The van der Waals surface area contributed by atoms with Crippen molar-refractivity contribution in [3.05, 3.63) is 23.4 Å². The van der Waals surface area contributed by atoms with Crippen LogP contribution in [-0.2, 0) is 11.3 Å². The minimum Gasteiger partial charge on any atom is -0.475 e. The van der Waals surface area contributed by atoms with Crippen molar-refractivity contribution >= 4 is 0 Å². The maximum Gasteiger partial charge on any atom is 0.213 e. The summed E-state index contributed by atoms with van der Waals surface area (Å²) in [6.07, 6.45) is 0. The van der Waals surface area contributed by atoms with Gasteiger partial charge in [0.15, 0.2) is 0 Å². The van der Waals surface area contributed by atoms with Gasteiger partial charge in [-0.3, -0.25) is 0 Å². The summed E-state index contributed by atoms with van der Waals surface area (Å²) in [6, 6.07) is 4.14. The molecule has 4 heteroatoms. The Morgan fingerprint density at radius 2 is 2.00 bits per heavy atom. The molecule has 4 nitrogen and oxygen atoms in total. The highest BCUT2D eigenvalue weighted by Crippen LogP contribution is 2.19. The minimum absolute atomic E-state index is 0.399. The lowest BCUT2D eigenvalue weighted by Crippen LogP contribution is -2.13. The molecule has 0 aliphatic carbocycles. The number of nitrogens with one attached hydrogen (secondary N) is 1. The van der Waals surface area contributed by atoms with Crippen LogP contribution in [-0.4, -0.2) is 31.3 Å². The predicted octanol–water partition coefficient (Wildman–Crippen LogP) is 2.73. The van der Waals surface area contributed by atoms with E-state index in [-0.39, 0.29) is 0 Å². The second-order valence-corrected chi connectivity index (χ2v) is 4.72. The Kier molecular flexibility index (Phi) is 7.45. The van der Waals surface area contributed by atoms with Crippen LogP contribution in [0.5, 0.6) is 5.88 Å². The summed E-state index contributed by atoms with van der Waals surface area (Å²) in [4.78, 5) is 4.53. The summed E-state index contributed by atoms with van der Waals surface area (Å²) in [5.74, 6) is 1.09. The first-order chi connectivity index (χ1) is 9.17. The van der Waals surface area contributed by atoms with Crippen molar-refractivity contribution in [3.63, 3.8) is 0 Å². The molecular formula is C15H26N2O2. The SMILES string of the molecule is CCNCc1cc(OCCOCC)nc(C(C)C)c1. The Morgan fingerprint density at radius 1 is 1.21 bits per heavy atom. The van der Waals surface area contributed by atoms with Gasteiger partial charge in [-0.05, 0) is 31.0 Å². The monoisotopic (exact) mass is 266 g/mol. The van der Waals surface area contributed by atoms with Crippen molar-refractivity contribution in [1.29, 1.82) is 0 Å². The number of aromatic nitrogens is 1. The summed E-state index contributed by atoms with van der Waals surface area (Å²) in [5.41, 5.74) is 2.29. The van der Waals surface area contributed by atoms with Gasteiger partial charge in [-0.1, -0.05) is 20.8 Å². The van der Waals surface area contributed by atoms with Gasteiger partial charge >= 0.3 is 0 Å². The highest BCUT2D eigenvalue weighted by atomic mass is 16.5. The van der Waals surface area contributed by atoms with Crippen molar-refractivity contribution in [2.45, 2.75) is 40.2 Å². The van der Waals surface area contributed by atoms with Crippen LogP contribution in [0.3, 0.4) is 0 Å². The first kappa shape index (κ1) is 15.9. The van der Waals surface area contributed by atoms with Crippen LogP contribution in [0.15, 0.2) is 12.1 Å². The van der Waals surface area contributed by atoms with Crippen LogP contribution in [0.4, 0.5) is 0 Å². The van der Waals surface area contributed by atoms with E-state index in [9.17, 15) is 0 Å². The molecule has 0 atom stereocenters. The van der Waals surface area contributed by atoms with Gasteiger partial charge in [-0.15, -0.1) is 0 Å². The average Bonchev–Trinajstić information content (AvgIpc) is 2.41. The highest BCUT2D eigenvalue weighted by molar-refractivity contribution is 5.26. The number of ether oxygens (including phenoxy) is 2. The smallest absolute Gasteiger partial charge is 0.213 e. The predicted molar refractivity (Wildman–Crippen MR) is 77.7 cm³/mol. The zero-order chi connectivity index (χ0) is 14.1. The van der Waals surface area contributed by atoms with Crippen LogP contribution in [0.25, 0.3) is 0 Å². The molecule has 0 spiro atoms. The summed E-state index contributed by atoms with van der Waals surface area (Å²) in [7, 11) is 0. The second kappa shape index (κ2) is 8.88. The zero-order valence-electron chi connectivity index (χ0n) is 12.5. The summed E-state index contributed by atoms with van der Waals surface area (Å²) in [6.45, 7) is 12.0. The number of hydrogen-bond donors (Lipinski definition) is 1. The Hall–Kier alpha value is -1.13. The fraction of sp³-hybridized carbons (Fsp3) is 0.667. The van der Waals surface area contributed by atoms with E-state index in [1.807, 2.05) is 13.0 Å². The minimum atomic E-state index is 0.399. The van der Waals surface area contributed by atoms with Crippen LogP contribution >= 0.6 is 0 Å². The summed E-state index contributed by atoms with van der Waals surface area (Å²) < 4.78 is 10.9. The maximum absolute atomic E-state index is 5.66. The van der Waals surface area contributed by atoms with Gasteiger partial charge in [0.1, 0.15) is 6.61 Å². The molecule has 1 heterocycles. The van der Waals surface area contributed by atoms with E-state index >= 15 is 0 Å². The Bertz CT molecular complexity index is 367. The lowest BCUT2D eigenvalue weighted by molar-refractivity contribution is 0.108. The number of hydrogen-bond acceptors (Lipinski definition) is 4. The van der Waals surface area contributed by atoms with E-state index in [0.29, 0.717) is 31.6 Å². The molecule has 0 amide bonds. The van der Waals surface area contributed by atoms with E-state index in [0.717, 1.165) is 18.8 Å². The van der Waals surface area contributed by atoms with E-state index in [1.165, 1.54) is 5.56 Å². The molecule has 0 aliphatic heterocycles. The van der Waals surface area contributed by atoms with Gasteiger partial charge < -0.3 is 14.8 Å². The Morgan fingerprint density at radius 3 is 2.63 bits per heavy atom. The van der Waals surface area contributed by atoms with Crippen LogP contribution in [0.2, 0.25) is 0 Å². The molecule has 1 rings (SSSR count). The zero-order valence-corrected chi connectivity index (χ0v) is 12.5. The van der Waals surface area contributed by atoms with Gasteiger partial charge in [-0.2, -0.15) is 0 Å². The normalized spacial score (nSPS) is 11.0. The Labute approximate surface area is 116 Å². The van der Waals surface area contributed by atoms with Gasteiger partial charge in [0.05, 0.1) is 6.61 Å². The van der Waals surface area contributed by atoms with Gasteiger partial charge in [0.2, 0.25) is 5.88 Å². The number of pyridine rings is 1. The standard InChI is InChI=1S/C15H26N2O2/c1-5-16-11-13-9-14(12(3)4)17-15(10-13)19-8-7-18-6-2/h9-10,12,16H,5-8,11H2,1-4H3. The molecule has 0 saturated carbocycles. The summed E-state index contributed by atoms with van der Waals surface area (Å²) >= 11 is 0. The molecule has 0 radical (unpaired) electrons. The molecule has 0 unspecified atom stereocenters. The number of nitrogens with zero attached hydrogens (tertiary/aromatic N) is 1. The van der Waals surface area contributed by atoms with Crippen molar-refractivity contribution < 1.29 is 9.47 Å². The van der Waals surface area contributed by atoms with Crippen molar-refractivity contribution in [2.24, 2.45) is 0 Å². The second-order valence-electron chi connectivity index (χ2n) is 4.72. The third kappa shape index (κ3) is 6.03. The quantitative estimate of drug-likeness (QED) is 0.698. The first-order valence-electron chi connectivity index (χ1n) is 7.09. The van der Waals surface area contributed by atoms with Crippen LogP contribution in [0, 0.1) is 0 Å². The third-order valence-corrected chi connectivity index (χ3v) is 2.73. The lowest BCUT2D eigenvalue weighted by atomic mass is 10.1. The molecule has 1 N–H and O–H groups in total. The number of rotatable bonds is 9. The third-order valence-electron chi connectivity index (χ3n) is 2.73. The first-order valence-corrected chi connectivity index (χ1v) is 7.09. The average molecular weight is 266 g/mol. The van der Waals surface area contributed by atoms with E-state index in [2.05, 4.69) is 37.1 Å². The highest BCUT2D eigenvalue weighted by Gasteiger charge is 2.07. The van der Waals surface area contributed by atoms with Crippen LogP contribution < -0.4 is 10.1 Å². The van der Waals surface area contributed by atoms with Gasteiger partial charge in [-0.25, -0.2) is 4.98 Å². The molecule has 1 aromatic rings. The molecule has 108 valence electrons. The van der Waals surface area contributed by atoms with Crippen LogP contribution in [0.1, 0.15) is 44.9 Å². The van der Waals surface area contributed by atoms with Crippen molar-refractivity contribution in [3.8, 4) is 5.88 Å². The molecule has 1 aromatic heterocycles. The fourth-order valence-electron chi connectivity index (χ4n) is 1.67. The molecule has 0 bridgehead atoms. The molecule has 0 aliphatic rings. The topological polar surface area (TPSA) is 43.4 Å². The Balaban J connectivity index is 2.69. The van der Waals surface area contributed by atoms with E-state index < -0.39 is 0 Å². The fourth-order valence-corrected chi connectivity index (χ4v) is 1.67. The molecule has 19 heavy (non-hydrogen) atoms. The largest absolute Gasteiger partial charge is 0.475 e. The van der Waals surface area contributed by atoms with E-state index in [1.54, 1.807) is 0 Å². The molecule has 0 fully saturated rings. The van der Waals surface area contributed by atoms with E-state index in [4.69, 9.17) is 9.47 Å². The van der Waals surface area contributed by atoms with Gasteiger partial charge in [0, 0.05) is 24.9 Å². The summed E-state index contributed by atoms with van der Waals surface area (Å²) in [5, 5.41) is 3.33. The van der Waals surface area contributed by atoms with Crippen molar-refractivity contribution in [2.75, 3.05) is 26.4 Å². The lowest BCUT2D eigenvalue weighted by Gasteiger charge is -2.12. The molecule has 0 saturated heterocycles. The van der Waals surface area contributed by atoms with Gasteiger partial charge in [0.25, 0.3) is 0 Å². The maximum atomic E-state index is 5.66.